The van der Waals surface area contributed by atoms with Crippen LogP contribution < -0.4 is 5.32 Å². The van der Waals surface area contributed by atoms with Gasteiger partial charge in [-0.1, -0.05) is 11.6 Å². The lowest BCUT2D eigenvalue weighted by molar-refractivity contribution is -0.149. The smallest absolute Gasteiger partial charge is 0.356 e. The van der Waals surface area contributed by atoms with Crippen LogP contribution in [0.1, 0.15) is 37.2 Å². The number of ether oxygens (including phenoxy) is 2. The summed E-state index contributed by atoms with van der Waals surface area (Å²) in [6.45, 7) is 5.19. The normalized spacial score (nSPS) is 16.3. The van der Waals surface area contributed by atoms with Crippen LogP contribution in [0.25, 0.3) is 10.9 Å². The number of likely N-dealkylation sites (tertiary alicyclic amines) is 1. The first-order chi connectivity index (χ1) is 14.3. The Morgan fingerprint density at radius 1 is 1.30 bits per heavy atom. The standard InChI is InChI=1S/C21H26ClN3O5/c1-4-30-20(27)13-7-9-25(10-8-13)12(2)19(26)24-17-15-11-14(22)5-6-16(15)23-18(17)21(28)29-3/h5-6,11-13,23H,4,7-10H2,1-3H3,(H,24,26)/t12-/m0/s1. The van der Waals surface area contributed by atoms with Crippen molar-refractivity contribution in [1.29, 1.82) is 0 Å². The van der Waals surface area contributed by atoms with Gasteiger partial charge in [0.1, 0.15) is 5.69 Å². The Balaban J connectivity index is 1.74. The average molecular weight is 436 g/mol. The number of rotatable bonds is 6. The van der Waals surface area contributed by atoms with E-state index in [1.165, 1.54) is 7.11 Å². The number of halogens is 1. The number of H-pyrrole nitrogens is 1. The van der Waals surface area contributed by atoms with Crippen LogP contribution in [0.4, 0.5) is 5.69 Å². The minimum Gasteiger partial charge on any atom is -0.466 e. The van der Waals surface area contributed by atoms with Gasteiger partial charge >= 0.3 is 11.9 Å². The van der Waals surface area contributed by atoms with Crippen LogP contribution in [0.15, 0.2) is 18.2 Å². The van der Waals surface area contributed by atoms with Crippen LogP contribution in [-0.4, -0.2) is 60.6 Å². The van der Waals surface area contributed by atoms with Crippen molar-refractivity contribution in [2.45, 2.75) is 32.7 Å². The van der Waals surface area contributed by atoms with Crippen molar-refractivity contribution in [3.63, 3.8) is 0 Å². The highest BCUT2D eigenvalue weighted by atomic mass is 35.5. The number of fused-ring (bicyclic) bond motifs is 1. The molecule has 1 saturated heterocycles. The largest absolute Gasteiger partial charge is 0.466 e. The second kappa shape index (κ2) is 9.49. The molecule has 8 nitrogen and oxygen atoms in total. The first-order valence-corrected chi connectivity index (χ1v) is 10.3. The van der Waals surface area contributed by atoms with Gasteiger partial charge in [-0.15, -0.1) is 0 Å². The second-order valence-corrected chi connectivity index (χ2v) is 7.72. The van der Waals surface area contributed by atoms with E-state index in [0.29, 0.717) is 54.2 Å². The number of esters is 2. The molecule has 2 N–H and O–H groups in total. The summed E-state index contributed by atoms with van der Waals surface area (Å²) < 4.78 is 9.94. The van der Waals surface area contributed by atoms with Gasteiger partial charge < -0.3 is 19.8 Å². The van der Waals surface area contributed by atoms with E-state index in [4.69, 9.17) is 21.1 Å². The van der Waals surface area contributed by atoms with Crippen molar-refractivity contribution in [3.8, 4) is 0 Å². The van der Waals surface area contributed by atoms with E-state index in [9.17, 15) is 14.4 Å². The fourth-order valence-corrected chi connectivity index (χ4v) is 3.90. The summed E-state index contributed by atoms with van der Waals surface area (Å²) in [5.41, 5.74) is 1.17. The van der Waals surface area contributed by atoms with Crippen molar-refractivity contribution in [3.05, 3.63) is 28.9 Å². The Hall–Kier alpha value is -2.58. The van der Waals surface area contributed by atoms with Crippen molar-refractivity contribution < 1.29 is 23.9 Å². The zero-order valence-electron chi connectivity index (χ0n) is 17.3. The minimum atomic E-state index is -0.583. The summed E-state index contributed by atoms with van der Waals surface area (Å²) in [4.78, 5) is 42.1. The number of aromatic nitrogens is 1. The number of hydrogen-bond acceptors (Lipinski definition) is 6. The van der Waals surface area contributed by atoms with Gasteiger partial charge in [-0.3, -0.25) is 14.5 Å². The Morgan fingerprint density at radius 2 is 2.00 bits per heavy atom. The molecule has 0 radical (unpaired) electrons. The molecule has 1 aliphatic heterocycles. The van der Waals surface area contributed by atoms with Crippen molar-refractivity contribution in [2.75, 3.05) is 32.1 Å². The zero-order valence-corrected chi connectivity index (χ0v) is 18.0. The monoisotopic (exact) mass is 435 g/mol. The molecule has 0 spiro atoms. The van der Waals surface area contributed by atoms with E-state index in [1.807, 2.05) is 4.90 Å². The first-order valence-electron chi connectivity index (χ1n) is 9.96. The van der Waals surface area contributed by atoms with Gasteiger partial charge in [-0.2, -0.15) is 0 Å². The molecule has 0 unspecified atom stereocenters. The maximum absolute atomic E-state index is 13.0. The van der Waals surface area contributed by atoms with Gasteiger partial charge in [-0.25, -0.2) is 4.79 Å². The van der Waals surface area contributed by atoms with Gasteiger partial charge in [0.05, 0.1) is 31.4 Å². The maximum atomic E-state index is 13.0. The number of nitrogens with zero attached hydrogens (tertiary/aromatic N) is 1. The molecule has 0 saturated carbocycles. The number of benzene rings is 1. The van der Waals surface area contributed by atoms with Gasteiger partial charge in [0.15, 0.2) is 0 Å². The van der Waals surface area contributed by atoms with Gasteiger partial charge in [0, 0.05) is 15.9 Å². The maximum Gasteiger partial charge on any atom is 0.356 e. The van der Waals surface area contributed by atoms with Crippen LogP contribution in [-0.2, 0) is 19.1 Å². The Morgan fingerprint density at radius 3 is 2.63 bits per heavy atom. The molecule has 1 aromatic heterocycles. The molecule has 30 heavy (non-hydrogen) atoms. The Kier molecular flexibility index (Phi) is 6.99. The lowest BCUT2D eigenvalue weighted by atomic mass is 9.96. The number of anilines is 1. The molecule has 0 aliphatic carbocycles. The topological polar surface area (TPSA) is 101 Å². The molecule has 0 bridgehead atoms. The molecule has 2 aromatic rings. The lowest BCUT2D eigenvalue weighted by Crippen LogP contribution is -2.47. The molecule has 9 heteroatoms. The van der Waals surface area contributed by atoms with E-state index in [1.54, 1.807) is 32.0 Å². The number of carbonyl (C=O) groups excluding carboxylic acids is 3. The van der Waals surface area contributed by atoms with E-state index in [-0.39, 0.29) is 23.5 Å². The van der Waals surface area contributed by atoms with E-state index >= 15 is 0 Å². The predicted octanol–water partition coefficient (Wildman–Crippen LogP) is 3.21. The second-order valence-electron chi connectivity index (χ2n) is 7.28. The molecule has 162 valence electrons. The van der Waals surface area contributed by atoms with Gasteiger partial charge in [0.25, 0.3) is 0 Å². The number of piperidine rings is 1. The number of hydrogen-bond donors (Lipinski definition) is 2. The van der Waals surface area contributed by atoms with Crippen LogP contribution in [0, 0.1) is 5.92 Å². The van der Waals surface area contributed by atoms with Gasteiger partial charge in [0.2, 0.25) is 5.91 Å². The number of methoxy groups -OCH3 is 1. The summed E-state index contributed by atoms with van der Waals surface area (Å²) >= 11 is 6.11. The predicted molar refractivity (Wildman–Crippen MR) is 114 cm³/mol. The van der Waals surface area contributed by atoms with E-state index in [0.717, 1.165) is 0 Å². The SMILES string of the molecule is CCOC(=O)C1CCN([C@@H](C)C(=O)Nc2c(C(=O)OC)[nH]c3ccc(Cl)cc23)CC1. The molecule has 1 aliphatic rings. The summed E-state index contributed by atoms with van der Waals surface area (Å²) in [7, 11) is 1.28. The summed E-state index contributed by atoms with van der Waals surface area (Å²) in [5.74, 6) is -1.14. The van der Waals surface area contributed by atoms with Crippen LogP contribution >= 0.6 is 11.6 Å². The third-order valence-electron chi connectivity index (χ3n) is 5.47. The fourth-order valence-electron chi connectivity index (χ4n) is 3.73. The first kappa shape index (κ1) is 22.1. The van der Waals surface area contributed by atoms with Crippen LogP contribution in [0.3, 0.4) is 0 Å². The number of amides is 1. The van der Waals surface area contributed by atoms with Crippen molar-refractivity contribution in [1.82, 2.24) is 9.88 Å². The highest BCUT2D eigenvalue weighted by Gasteiger charge is 2.31. The number of nitrogens with one attached hydrogen (secondary N) is 2. The highest BCUT2D eigenvalue weighted by Crippen LogP contribution is 2.31. The zero-order chi connectivity index (χ0) is 21.8. The van der Waals surface area contributed by atoms with Gasteiger partial charge in [-0.05, 0) is 58.0 Å². The third kappa shape index (κ3) is 4.60. The number of aromatic amines is 1. The quantitative estimate of drug-likeness (QED) is 0.676. The molecular weight excluding hydrogens is 410 g/mol. The number of carbonyl (C=O) groups is 3. The summed E-state index contributed by atoms with van der Waals surface area (Å²) in [6.07, 6.45) is 1.29. The summed E-state index contributed by atoms with van der Waals surface area (Å²) in [6, 6.07) is 4.68. The van der Waals surface area contributed by atoms with Crippen LogP contribution in [0.5, 0.6) is 0 Å². The molecule has 3 rings (SSSR count). The van der Waals surface area contributed by atoms with Crippen LogP contribution in [0.2, 0.25) is 5.02 Å². The molecule has 1 atom stereocenters. The van der Waals surface area contributed by atoms with E-state index in [2.05, 4.69) is 10.3 Å². The molecule has 1 fully saturated rings. The highest BCUT2D eigenvalue weighted by molar-refractivity contribution is 6.31. The summed E-state index contributed by atoms with van der Waals surface area (Å²) in [5, 5.41) is 3.98. The molecule has 2 heterocycles. The molecular formula is C21H26ClN3O5. The van der Waals surface area contributed by atoms with Crippen molar-refractivity contribution in [2.24, 2.45) is 5.92 Å². The average Bonchev–Trinajstić information content (AvgIpc) is 3.10. The minimum absolute atomic E-state index is 0.127. The lowest BCUT2D eigenvalue weighted by Gasteiger charge is -2.34. The van der Waals surface area contributed by atoms with Crippen molar-refractivity contribution >= 4 is 46.0 Å². The fraction of sp³-hybridized carbons (Fsp3) is 0.476. The third-order valence-corrected chi connectivity index (χ3v) is 5.71. The molecule has 1 aromatic carbocycles. The molecule has 1 amide bonds. The Bertz CT molecular complexity index is 950. The van der Waals surface area contributed by atoms with E-state index < -0.39 is 12.0 Å². The Labute approximate surface area is 179 Å².